The van der Waals surface area contributed by atoms with Gasteiger partial charge in [0.1, 0.15) is 10.8 Å². The first-order chi connectivity index (χ1) is 6.20. The molecule has 1 aromatic rings. The van der Waals surface area contributed by atoms with E-state index in [1.165, 1.54) is 7.11 Å². The molecule has 0 aromatic carbocycles. The summed E-state index contributed by atoms with van der Waals surface area (Å²) in [6, 6.07) is 1.70. The topological polar surface area (TPSA) is 51.2 Å². The third-order valence-electron chi connectivity index (χ3n) is 1.82. The first kappa shape index (κ1) is 8.31. The van der Waals surface area contributed by atoms with E-state index in [0.717, 1.165) is 5.56 Å². The molecule has 0 aliphatic carbocycles. The van der Waals surface area contributed by atoms with Crippen molar-refractivity contribution in [2.75, 3.05) is 12.4 Å². The van der Waals surface area contributed by atoms with Gasteiger partial charge in [-0.1, -0.05) is 11.6 Å². The van der Waals surface area contributed by atoms with Gasteiger partial charge in [-0.2, -0.15) is 4.98 Å². The van der Waals surface area contributed by atoms with Gasteiger partial charge in [0.25, 0.3) is 0 Å². The molecule has 0 saturated carbocycles. The van der Waals surface area contributed by atoms with Crippen molar-refractivity contribution in [3.05, 3.63) is 16.7 Å². The van der Waals surface area contributed by atoms with E-state index in [0.29, 0.717) is 23.1 Å². The fourth-order valence-electron chi connectivity index (χ4n) is 1.25. The van der Waals surface area contributed by atoms with Crippen LogP contribution < -0.4 is 10.1 Å². The maximum absolute atomic E-state index is 11.0. The normalized spacial score (nSPS) is 13.8. The van der Waals surface area contributed by atoms with Crippen LogP contribution >= 0.6 is 11.6 Å². The van der Waals surface area contributed by atoms with Crippen LogP contribution in [0.5, 0.6) is 5.88 Å². The summed E-state index contributed by atoms with van der Waals surface area (Å²) in [5, 5.41) is 3.04. The molecule has 68 valence electrons. The molecule has 0 unspecified atom stereocenters. The zero-order valence-corrected chi connectivity index (χ0v) is 7.68. The number of anilines is 1. The summed E-state index contributed by atoms with van der Waals surface area (Å²) in [4.78, 5) is 15.0. The number of rotatable bonds is 1. The SMILES string of the molecule is COc1nc2c(cc1Cl)CC(=O)N2. The molecule has 4 nitrogen and oxygen atoms in total. The number of hydrogen-bond acceptors (Lipinski definition) is 3. The van der Waals surface area contributed by atoms with Crippen LogP contribution in [0.15, 0.2) is 6.07 Å². The number of pyridine rings is 1. The zero-order chi connectivity index (χ0) is 9.42. The summed E-state index contributed by atoms with van der Waals surface area (Å²) >= 11 is 5.83. The van der Waals surface area contributed by atoms with Crippen LogP contribution in [0.1, 0.15) is 5.56 Å². The minimum atomic E-state index is -0.0631. The Kier molecular flexibility index (Phi) is 1.84. The number of nitrogens with zero attached hydrogens (tertiary/aromatic N) is 1. The lowest BCUT2D eigenvalue weighted by Crippen LogP contribution is -2.04. The maximum Gasteiger partial charge on any atom is 0.234 e. The highest BCUT2D eigenvalue weighted by atomic mass is 35.5. The van der Waals surface area contributed by atoms with Crippen molar-refractivity contribution in [1.29, 1.82) is 0 Å². The molecule has 5 heteroatoms. The van der Waals surface area contributed by atoms with Gasteiger partial charge in [0.15, 0.2) is 0 Å². The average molecular weight is 199 g/mol. The Morgan fingerprint density at radius 3 is 3.15 bits per heavy atom. The van der Waals surface area contributed by atoms with E-state index in [1.54, 1.807) is 6.07 Å². The molecule has 1 amide bonds. The van der Waals surface area contributed by atoms with Crippen molar-refractivity contribution in [3.63, 3.8) is 0 Å². The first-order valence-electron chi connectivity index (χ1n) is 3.74. The van der Waals surface area contributed by atoms with E-state index < -0.39 is 0 Å². The van der Waals surface area contributed by atoms with E-state index in [4.69, 9.17) is 16.3 Å². The second-order valence-corrected chi connectivity index (χ2v) is 3.12. The minimum absolute atomic E-state index is 0.0631. The molecule has 0 bridgehead atoms. The third-order valence-corrected chi connectivity index (χ3v) is 2.10. The molecular weight excluding hydrogens is 192 g/mol. The highest BCUT2D eigenvalue weighted by Crippen LogP contribution is 2.30. The number of amides is 1. The monoisotopic (exact) mass is 198 g/mol. The molecular formula is C8H7ClN2O2. The van der Waals surface area contributed by atoms with E-state index in [-0.39, 0.29) is 5.91 Å². The number of aromatic nitrogens is 1. The van der Waals surface area contributed by atoms with E-state index in [2.05, 4.69) is 10.3 Å². The number of carbonyl (C=O) groups excluding carboxylic acids is 1. The van der Waals surface area contributed by atoms with E-state index >= 15 is 0 Å². The highest BCUT2D eigenvalue weighted by molar-refractivity contribution is 6.32. The lowest BCUT2D eigenvalue weighted by Gasteiger charge is -2.03. The quantitative estimate of drug-likeness (QED) is 0.739. The molecule has 1 aliphatic heterocycles. The van der Waals surface area contributed by atoms with E-state index in [1.807, 2.05) is 0 Å². The van der Waals surface area contributed by atoms with Gasteiger partial charge in [-0.3, -0.25) is 4.79 Å². The van der Waals surface area contributed by atoms with Gasteiger partial charge in [-0.25, -0.2) is 0 Å². The van der Waals surface area contributed by atoms with Crippen LogP contribution in [0.25, 0.3) is 0 Å². The van der Waals surface area contributed by atoms with Crippen molar-refractivity contribution < 1.29 is 9.53 Å². The Morgan fingerprint density at radius 2 is 2.46 bits per heavy atom. The van der Waals surface area contributed by atoms with Crippen molar-refractivity contribution in [2.45, 2.75) is 6.42 Å². The van der Waals surface area contributed by atoms with Gasteiger partial charge < -0.3 is 10.1 Å². The molecule has 1 aromatic heterocycles. The number of methoxy groups -OCH3 is 1. The third kappa shape index (κ3) is 1.33. The Balaban J connectivity index is 2.50. The Morgan fingerprint density at radius 1 is 1.69 bits per heavy atom. The summed E-state index contributed by atoms with van der Waals surface area (Å²) in [5.41, 5.74) is 0.816. The van der Waals surface area contributed by atoms with Crippen LogP contribution in [-0.2, 0) is 11.2 Å². The summed E-state index contributed by atoms with van der Waals surface area (Å²) in [6.45, 7) is 0. The van der Waals surface area contributed by atoms with Crippen LogP contribution in [0.4, 0.5) is 5.82 Å². The van der Waals surface area contributed by atoms with Crippen molar-refractivity contribution in [1.82, 2.24) is 4.98 Å². The number of ether oxygens (including phenoxy) is 1. The first-order valence-corrected chi connectivity index (χ1v) is 4.12. The van der Waals surface area contributed by atoms with Crippen LogP contribution in [-0.4, -0.2) is 18.0 Å². The number of halogens is 1. The lowest BCUT2D eigenvalue weighted by atomic mass is 10.2. The highest BCUT2D eigenvalue weighted by Gasteiger charge is 2.21. The molecule has 2 heterocycles. The summed E-state index contributed by atoms with van der Waals surface area (Å²) in [7, 11) is 1.48. The van der Waals surface area contributed by atoms with Gasteiger partial charge in [-0.15, -0.1) is 0 Å². The van der Waals surface area contributed by atoms with Crippen molar-refractivity contribution in [3.8, 4) is 5.88 Å². The molecule has 0 spiro atoms. The van der Waals surface area contributed by atoms with Crippen molar-refractivity contribution in [2.24, 2.45) is 0 Å². The van der Waals surface area contributed by atoms with Gasteiger partial charge in [0.2, 0.25) is 11.8 Å². The second kappa shape index (κ2) is 2.88. The van der Waals surface area contributed by atoms with E-state index in [9.17, 15) is 4.79 Å². The van der Waals surface area contributed by atoms with Gasteiger partial charge in [0, 0.05) is 5.56 Å². The molecule has 1 N–H and O–H groups in total. The molecule has 0 radical (unpaired) electrons. The predicted molar refractivity (Wildman–Crippen MR) is 48.1 cm³/mol. The van der Waals surface area contributed by atoms with Crippen LogP contribution in [0.2, 0.25) is 5.02 Å². The summed E-state index contributed by atoms with van der Waals surface area (Å²) in [6.07, 6.45) is 0.339. The maximum atomic E-state index is 11.0. The fraction of sp³-hybridized carbons (Fsp3) is 0.250. The summed E-state index contributed by atoms with van der Waals surface area (Å²) < 4.78 is 4.91. The predicted octanol–water partition coefficient (Wildman–Crippen LogP) is 1.24. The Labute approximate surface area is 79.9 Å². The minimum Gasteiger partial charge on any atom is -0.480 e. The number of nitrogens with one attached hydrogen (secondary N) is 1. The largest absolute Gasteiger partial charge is 0.480 e. The lowest BCUT2D eigenvalue weighted by molar-refractivity contribution is -0.115. The smallest absolute Gasteiger partial charge is 0.234 e. The molecule has 13 heavy (non-hydrogen) atoms. The molecule has 1 aliphatic rings. The Hall–Kier alpha value is -1.29. The second-order valence-electron chi connectivity index (χ2n) is 2.71. The van der Waals surface area contributed by atoms with Gasteiger partial charge in [0.05, 0.1) is 13.5 Å². The summed E-state index contributed by atoms with van der Waals surface area (Å²) in [5.74, 6) is 0.820. The molecule has 0 fully saturated rings. The van der Waals surface area contributed by atoms with Gasteiger partial charge >= 0.3 is 0 Å². The zero-order valence-electron chi connectivity index (χ0n) is 6.93. The Bertz CT molecular complexity index is 379. The molecule has 0 saturated heterocycles. The van der Waals surface area contributed by atoms with Gasteiger partial charge in [-0.05, 0) is 6.07 Å². The van der Waals surface area contributed by atoms with Crippen LogP contribution in [0, 0.1) is 0 Å². The number of hydrogen-bond donors (Lipinski definition) is 1. The van der Waals surface area contributed by atoms with Crippen molar-refractivity contribution >= 4 is 23.3 Å². The van der Waals surface area contributed by atoms with Crippen LogP contribution in [0.3, 0.4) is 0 Å². The average Bonchev–Trinajstić information content (AvgIpc) is 2.42. The molecule has 2 rings (SSSR count). The molecule has 0 atom stereocenters. The number of fused-ring (bicyclic) bond motifs is 1. The number of carbonyl (C=O) groups is 1. The fourth-order valence-corrected chi connectivity index (χ4v) is 1.50. The standard InChI is InChI=1S/C8H7ClN2O2/c1-13-8-5(9)2-4-3-6(12)10-7(4)11-8/h2H,3H2,1H3,(H,10,11,12).